The van der Waals surface area contributed by atoms with Crippen LogP contribution >= 0.6 is 11.6 Å². The molecule has 0 unspecified atom stereocenters. The second kappa shape index (κ2) is 5.88. The van der Waals surface area contributed by atoms with Crippen molar-refractivity contribution in [3.63, 3.8) is 0 Å². The summed E-state index contributed by atoms with van der Waals surface area (Å²) in [5.74, 6) is -0.683. The van der Waals surface area contributed by atoms with Crippen LogP contribution in [-0.2, 0) is 6.54 Å². The number of nitrogens with zero attached hydrogens (tertiary/aromatic N) is 4. The summed E-state index contributed by atoms with van der Waals surface area (Å²) in [7, 11) is 0. The molecule has 21 heavy (non-hydrogen) atoms. The third-order valence-electron chi connectivity index (χ3n) is 2.58. The van der Waals surface area contributed by atoms with Gasteiger partial charge in [-0.15, -0.1) is 0 Å². The van der Waals surface area contributed by atoms with E-state index in [0.717, 1.165) is 0 Å². The maximum atomic E-state index is 12.1. The number of aromatic nitrogens is 3. The van der Waals surface area contributed by atoms with E-state index in [-0.39, 0.29) is 22.3 Å². The highest BCUT2D eigenvalue weighted by atomic mass is 35.5. The van der Waals surface area contributed by atoms with Crippen LogP contribution in [0.2, 0.25) is 5.02 Å². The van der Waals surface area contributed by atoms with Gasteiger partial charge in [-0.25, -0.2) is 14.5 Å². The number of nitro benzene ring substituents is 1. The number of halogens is 1. The molecular formula is C12H11ClN4O4. The second-order valence-corrected chi connectivity index (χ2v) is 4.49. The first-order valence-electron chi connectivity index (χ1n) is 6.00. The predicted octanol–water partition coefficient (Wildman–Crippen LogP) is 2.39. The van der Waals surface area contributed by atoms with Crippen LogP contribution < -0.4 is 4.74 Å². The number of carbonyl (C=O) groups excluding carboxylic acids is 1. The Bertz CT molecular complexity index is 713. The average molecular weight is 311 g/mol. The molecule has 1 aromatic carbocycles. The monoisotopic (exact) mass is 310 g/mol. The van der Waals surface area contributed by atoms with E-state index >= 15 is 0 Å². The minimum Gasteiger partial charge on any atom is -0.413 e. The molecule has 9 heteroatoms. The van der Waals surface area contributed by atoms with Gasteiger partial charge in [0, 0.05) is 23.7 Å². The molecule has 0 saturated heterocycles. The molecule has 0 fully saturated rings. The van der Waals surface area contributed by atoms with Crippen molar-refractivity contribution in [3.8, 4) is 5.75 Å². The first kappa shape index (κ1) is 14.9. The number of aryl methyl sites for hydroxylation is 2. The molecule has 1 aromatic heterocycles. The zero-order chi connectivity index (χ0) is 15.6. The Kier molecular flexibility index (Phi) is 4.18. The lowest BCUT2D eigenvalue weighted by Gasteiger charge is -2.05. The molecule has 110 valence electrons. The van der Waals surface area contributed by atoms with Crippen molar-refractivity contribution >= 4 is 23.3 Å². The summed E-state index contributed by atoms with van der Waals surface area (Å²) in [6, 6.07) is 3.72. The molecule has 0 amide bonds. The van der Waals surface area contributed by atoms with Crippen molar-refractivity contribution in [2.24, 2.45) is 0 Å². The number of carbonyl (C=O) groups is 1. The Balaban J connectivity index is 2.35. The highest BCUT2D eigenvalue weighted by Gasteiger charge is 2.23. The van der Waals surface area contributed by atoms with Crippen LogP contribution in [-0.4, -0.2) is 25.7 Å². The largest absolute Gasteiger partial charge is 0.413 e. The fraction of sp³-hybridized carbons (Fsp3) is 0.250. The van der Waals surface area contributed by atoms with Gasteiger partial charge >= 0.3 is 11.7 Å². The zero-order valence-corrected chi connectivity index (χ0v) is 12.0. The third-order valence-corrected chi connectivity index (χ3v) is 2.82. The van der Waals surface area contributed by atoms with Gasteiger partial charge in [0.25, 0.3) is 0 Å². The fourth-order valence-corrected chi connectivity index (χ4v) is 1.86. The lowest BCUT2D eigenvalue weighted by molar-refractivity contribution is -0.385. The van der Waals surface area contributed by atoms with Crippen LogP contribution in [0.25, 0.3) is 0 Å². The van der Waals surface area contributed by atoms with Gasteiger partial charge in [0.15, 0.2) is 0 Å². The van der Waals surface area contributed by atoms with Gasteiger partial charge in [0.2, 0.25) is 11.6 Å². The average Bonchev–Trinajstić information content (AvgIpc) is 2.79. The molecule has 1 heterocycles. The van der Waals surface area contributed by atoms with Crippen LogP contribution in [0.1, 0.15) is 23.4 Å². The quantitative estimate of drug-likeness (QED) is 0.372. The first-order valence-corrected chi connectivity index (χ1v) is 6.37. The Hall–Kier alpha value is -2.48. The lowest BCUT2D eigenvalue weighted by Crippen LogP contribution is -2.16. The second-order valence-electron chi connectivity index (χ2n) is 4.06. The van der Waals surface area contributed by atoms with Gasteiger partial charge < -0.3 is 4.74 Å². The number of ether oxygens (including phenoxy) is 1. The summed E-state index contributed by atoms with van der Waals surface area (Å²) in [6.07, 6.45) is 0. The van der Waals surface area contributed by atoms with Crippen molar-refractivity contribution < 1.29 is 14.5 Å². The van der Waals surface area contributed by atoms with Gasteiger partial charge in [0.1, 0.15) is 5.82 Å². The summed E-state index contributed by atoms with van der Waals surface area (Å²) in [6.45, 7) is 3.83. The summed E-state index contributed by atoms with van der Waals surface area (Å²) >= 11 is 5.77. The lowest BCUT2D eigenvalue weighted by atomic mass is 10.3. The summed E-state index contributed by atoms with van der Waals surface area (Å²) < 4.78 is 6.40. The molecular weight excluding hydrogens is 300 g/mol. The van der Waals surface area contributed by atoms with E-state index in [2.05, 4.69) is 10.1 Å². The molecule has 2 rings (SSSR count). The maximum Gasteiger partial charge on any atom is 0.381 e. The van der Waals surface area contributed by atoms with Crippen LogP contribution in [0.4, 0.5) is 5.69 Å². The Morgan fingerprint density at radius 2 is 2.24 bits per heavy atom. The topological polar surface area (TPSA) is 100 Å². The number of esters is 1. The Morgan fingerprint density at radius 3 is 2.86 bits per heavy atom. The Labute approximate surface area is 124 Å². The standard InChI is InChI=1S/C12H11ClN4O4/c1-3-16-11(14-7(2)15-16)12(18)21-10-6-8(13)4-5-9(10)17(19)20/h4-6H,3H2,1-2H3. The van der Waals surface area contributed by atoms with Gasteiger partial charge in [-0.2, -0.15) is 5.10 Å². The van der Waals surface area contributed by atoms with Crippen LogP contribution in [0.3, 0.4) is 0 Å². The third kappa shape index (κ3) is 3.16. The van der Waals surface area contributed by atoms with Crippen LogP contribution in [0.5, 0.6) is 5.75 Å². The highest BCUT2D eigenvalue weighted by Crippen LogP contribution is 2.30. The molecule has 0 aliphatic rings. The van der Waals surface area contributed by atoms with Gasteiger partial charge in [-0.3, -0.25) is 10.1 Å². The molecule has 0 atom stereocenters. The van der Waals surface area contributed by atoms with E-state index in [9.17, 15) is 14.9 Å². The van der Waals surface area contributed by atoms with Crippen LogP contribution in [0.15, 0.2) is 18.2 Å². The summed E-state index contributed by atoms with van der Waals surface area (Å²) in [4.78, 5) is 26.3. The summed E-state index contributed by atoms with van der Waals surface area (Å²) in [5.41, 5.74) is -0.355. The minimum atomic E-state index is -0.831. The van der Waals surface area contributed by atoms with Gasteiger partial charge in [0.05, 0.1) is 4.92 Å². The van der Waals surface area contributed by atoms with E-state index in [1.807, 2.05) is 0 Å². The van der Waals surface area contributed by atoms with E-state index < -0.39 is 10.9 Å². The molecule has 0 saturated carbocycles. The fourth-order valence-electron chi connectivity index (χ4n) is 1.69. The van der Waals surface area contributed by atoms with Crippen molar-refractivity contribution in [1.29, 1.82) is 0 Å². The van der Waals surface area contributed by atoms with Crippen molar-refractivity contribution in [2.75, 3.05) is 0 Å². The Morgan fingerprint density at radius 1 is 1.52 bits per heavy atom. The predicted molar refractivity (Wildman–Crippen MR) is 73.5 cm³/mol. The minimum absolute atomic E-state index is 0.0238. The van der Waals surface area contributed by atoms with Crippen molar-refractivity contribution in [1.82, 2.24) is 14.8 Å². The number of rotatable bonds is 4. The van der Waals surface area contributed by atoms with Crippen molar-refractivity contribution in [2.45, 2.75) is 20.4 Å². The SMILES string of the molecule is CCn1nc(C)nc1C(=O)Oc1cc(Cl)ccc1[N+](=O)[O-]. The van der Waals surface area contributed by atoms with E-state index in [1.165, 1.54) is 22.9 Å². The molecule has 8 nitrogen and oxygen atoms in total. The van der Waals surface area contributed by atoms with Crippen LogP contribution in [0, 0.1) is 17.0 Å². The smallest absolute Gasteiger partial charge is 0.381 e. The highest BCUT2D eigenvalue weighted by molar-refractivity contribution is 6.30. The molecule has 2 aromatic rings. The maximum absolute atomic E-state index is 12.1. The molecule has 0 spiro atoms. The number of hydrogen-bond donors (Lipinski definition) is 0. The molecule has 0 N–H and O–H groups in total. The van der Waals surface area contributed by atoms with E-state index in [0.29, 0.717) is 12.4 Å². The molecule has 0 radical (unpaired) electrons. The number of nitro groups is 1. The molecule has 0 aliphatic heterocycles. The number of benzene rings is 1. The zero-order valence-electron chi connectivity index (χ0n) is 11.2. The molecule has 0 bridgehead atoms. The van der Waals surface area contributed by atoms with E-state index in [1.54, 1.807) is 13.8 Å². The number of hydrogen-bond acceptors (Lipinski definition) is 6. The first-order chi connectivity index (χ1) is 9.92. The molecule has 0 aliphatic carbocycles. The van der Waals surface area contributed by atoms with Gasteiger partial charge in [-0.05, 0) is 19.9 Å². The van der Waals surface area contributed by atoms with E-state index in [4.69, 9.17) is 16.3 Å². The van der Waals surface area contributed by atoms with Gasteiger partial charge in [-0.1, -0.05) is 11.6 Å². The normalized spacial score (nSPS) is 10.4. The summed E-state index contributed by atoms with van der Waals surface area (Å²) in [5, 5.41) is 15.1. The van der Waals surface area contributed by atoms with Crippen molar-refractivity contribution in [3.05, 3.63) is 45.0 Å².